The fourth-order valence-corrected chi connectivity index (χ4v) is 2.86. The van der Waals surface area contributed by atoms with E-state index in [1.54, 1.807) is 18.2 Å². The molecule has 21 heavy (non-hydrogen) atoms. The average molecular weight is 311 g/mol. The molecule has 0 aliphatic rings. The van der Waals surface area contributed by atoms with Gasteiger partial charge in [-0.15, -0.1) is 0 Å². The van der Waals surface area contributed by atoms with E-state index >= 15 is 0 Å². The van der Waals surface area contributed by atoms with Gasteiger partial charge >= 0.3 is 0 Å². The average Bonchev–Trinajstić information content (AvgIpc) is 2.36. The third-order valence-electron chi connectivity index (χ3n) is 3.02. The highest BCUT2D eigenvalue weighted by Gasteiger charge is 2.19. The van der Waals surface area contributed by atoms with E-state index in [0.29, 0.717) is 5.69 Å². The molecule has 0 N–H and O–H groups in total. The van der Waals surface area contributed by atoms with Crippen molar-refractivity contribution < 1.29 is 17.2 Å². The van der Waals surface area contributed by atoms with Gasteiger partial charge in [0.1, 0.15) is 11.6 Å². The minimum Gasteiger partial charge on any atom is -0.266 e. The molecule has 0 heterocycles. The number of hydrogen-bond acceptors (Lipinski definition) is 2. The lowest BCUT2D eigenvalue weighted by Crippen LogP contribution is -2.29. The maximum absolute atomic E-state index is 13.7. The van der Waals surface area contributed by atoms with Crippen LogP contribution in [-0.2, 0) is 16.6 Å². The second-order valence-corrected chi connectivity index (χ2v) is 6.75. The van der Waals surface area contributed by atoms with Crippen molar-refractivity contribution in [2.24, 2.45) is 0 Å². The molecule has 2 rings (SSSR count). The molecule has 0 fully saturated rings. The van der Waals surface area contributed by atoms with Crippen LogP contribution in [0.1, 0.15) is 11.1 Å². The predicted octanol–water partition coefficient (Wildman–Crippen LogP) is 3.24. The normalized spacial score (nSPS) is 11.4. The van der Waals surface area contributed by atoms with Crippen LogP contribution >= 0.6 is 0 Å². The van der Waals surface area contributed by atoms with Gasteiger partial charge in [-0.05, 0) is 30.7 Å². The Kier molecular flexibility index (Phi) is 4.27. The van der Waals surface area contributed by atoms with Crippen LogP contribution in [0.25, 0.3) is 0 Å². The number of anilines is 1. The van der Waals surface area contributed by atoms with E-state index in [1.807, 2.05) is 13.0 Å². The summed E-state index contributed by atoms with van der Waals surface area (Å²) in [5.74, 6) is -1.46. The van der Waals surface area contributed by atoms with E-state index < -0.39 is 21.7 Å². The molecule has 0 unspecified atom stereocenters. The van der Waals surface area contributed by atoms with Crippen LogP contribution in [0.15, 0.2) is 42.5 Å². The van der Waals surface area contributed by atoms with Crippen molar-refractivity contribution in [2.45, 2.75) is 13.5 Å². The van der Waals surface area contributed by atoms with E-state index in [0.717, 1.165) is 28.3 Å². The van der Waals surface area contributed by atoms with Crippen LogP contribution in [0.5, 0.6) is 0 Å². The lowest BCUT2D eigenvalue weighted by Gasteiger charge is -2.23. The molecule has 0 atom stereocenters. The predicted molar refractivity (Wildman–Crippen MR) is 78.6 cm³/mol. The first-order valence-corrected chi connectivity index (χ1v) is 8.10. The van der Waals surface area contributed by atoms with Crippen molar-refractivity contribution in [2.75, 3.05) is 10.6 Å². The molecule has 112 valence electrons. The number of sulfonamides is 1. The standard InChI is InChI=1S/C15H15F2NO2S/c1-11-4-3-5-14(8-11)18(21(2,19)20)10-12-6-7-13(16)9-15(12)17/h3-9H,10H2,1-2H3. The Hall–Kier alpha value is -1.95. The minimum absolute atomic E-state index is 0.114. The summed E-state index contributed by atoms with van der Waals surface area (Å²) in [6.45, 7) is 1.65. The maximum Gasteiger partial charge on any atom is 0.232 e. The number of halogens is 2. The number of nitrogens with zero attached hydrogens (tertiary/aromatic N) is 1. The van der Waals surface area contributed by atoms with Gasteiger partial charge in [-0.25, -0.2) is 17.2 Å². The smallest absolute Gasteiger partial charge is 0.232 e. The van der Waals surface area contributed by atoms with Gasteiger partial charge in [0.15, 0.2) is 0 Å². The summed E-state index contributed by atoms with van der Waals surface area (Å²) in [6, 6.07) is 9.99. The van der Waals surface area contributed by atoms with Crippen molar-refractivity contribution >= 4 is 15.7 Å². The molecule has 2 aromatic rings. The number of benzene rings is 2. The monoisotopic (exact) mass is 311 g/mol. The van der Waals surface area contributed by atoms with Crippen molar-refractivity contribution in [3.63, 3.8) is 0 Å². The molecule has 0 saturated carbocycles. The quantitative estimate of drug-likeness (QED) is 0.869. The van der Waals surface area contributed by atoms with Crippen molar-refractivity contribution in [3.05, 3.63) is 65.2 Å². The Morgan fingerprint density at radius 1 is 1.10 bits per heavy atom. The summed E-state index contributed by atoms with van der Waals surface area (Å²) in [4.78, 5) is 0. The zero-order valence-electron chi connectivity index (χ0n) is 11.7. The summed E-state index contributed by atoms with van der Waals surface area (Å²) in [5.41, 5.74) is 1.45. The summed E-state index contributed by atoms with van der Waals surface area (Å²) < 4.78 is 51.7. The molecule has 0 aliphatic carbocycles. The lowest BCUT2D eigenvalue weighted by atomic mass is 10.2. The molecule has 0 bridgehead atoms. The molecule has 3 nitrogen and oxygen atoms in total. The van der Waals surface area contributed by atoms with Gasteiger partial charge in [-0.1, -0.05) is 18.2 Å². The molecule has 0 spiro atoms. The van der Waals surface area contributed by atoms with Gasteiger partial charge in [-0.2, -0.15) is 0 Å². The lowest BCUT2D eigenvalue weighted by molar-refractivity contribution is 0.570. The SMILES string of the molecule is Cc1cccc(N(Cc2ccc(F)cc2F)S(C)(=O)=O)c1. The molecular formula is C15H15F2NO2S. The zero-order valence-corrected chi connectivity index (χ0v) is 12.5. The highest BCUT2D eigenvalue weighted by molar-refractivity contribution is 7.92. The van der Waals surface area contributed by atoms with Gasteiger partial charge < -0.3 is 0 Å². The number of aryl methyl sites for hydroxylation is 1. The third kappa shape index (κ3) is 3.78. The van der Waals surface area contributed by atoms with E-state index in [9.17, 15) is 17.2 Å². The van der Waals surface area contributed by atoms with Gasteiger partial charge in [0.05, 0.1) is 18.5 Å². The molecule has 0 aliphatic heterocycles. The van der Waals surface area contributed by atoms with E-state index in [1.165, 1.54) is 6.07 Å². The Morgan fingerprint density at radius 2 is 1.81 bits per heavy atom. The molecule has 0 radical (unpaired) electrons. The maximum atomic E-state index is 13.7. The summed E-state index contributed by atoms with van der Waals surface area (Å²) >= 11 is 0. The fraction of sp³-hybridized carbons (Fsp3) is 0.200. The van der Waals surface area contributed by atoms with Crippen LogP contribution < -0.4 is 4.31 Å². The largest absolute Gasteiger partial charge is 0.266 e. The minimum atomic E-state index is -3.59. The van der Waals surface area contributed by atoms with Crippen LogP contribution in [-0.4, -0.2) is 14.7 Å². The molecule has 0 saturated heterocycles. The molecule has 0 aromatic heterocycles. The first kappa shape index (κ1) is 15.4. The highest BCUT2D eigenvalue weighted by atomic mass is 32.2. The van der Waals surface area contributed by atoms with Crippen LogP contribution in [0.3, 0.4) is 0 Å². The van der Waals surface area contributed by atoms with Gasteiger partial charge in [-0.3, -0.25) is 4.31 Å². The Morgan fingerprint density at radius 3 is 2.38 bits per heavy atom. The summed E-state index contributed by atoms with van der Waals surface area (Å²) in [5, 5.41) is 0. The Bertz CT molecular complexity index is 760. The second-order valence-electron chi connectivity index (χ2n) is 4.84. The molecule has 2 aromatic carbocycles. The topological polar surface area (TPSA) is 37.4 Å². The van der Waals surface area contributed by atoms with Crippen molar-refractivity contribution in [1.29, 1.82) is 0 Å². The van der Waals surface area contributed by atoms with Gasteiger partial charge in [0.25, 0.3) is 0 Å². The van der Waals surface area contributed by atoms with E-state index in [-0.39, 0.29) is 12.1 Å². The molecule has 6 heteroatoms. The van der Waals surface area contributed by atoms with Crippen LogP contribution in [0.2, 0.25) is 0 Å². The fourth-order valence-electron chi connectivity index (χ4n) is 1.99. The Balaban J connectivity index is 2.43. The molecular weight excluding hydrogens is 296 g/mol. The zero-order chi connectivity index (χ0) is 15.6. The second kappa shape index (κ2) is 5.81. The first-order valence-electron chi connectivity index (χ1n) is 6.25. The number of hydrogen-bond donors (Lipinski definition) is 0. The summed E-state index contributed by atoms with van der Waals surface area (Å²) in [6.07, 6.45) is 1.05. The van der Waals surface area contributed by atoms with Crippen molar-refractivity contribution in [1.82, 2.24) is 0 Å². The van der Waals surface area contributed by atoms with Gasteiger partial charge in [0, 0.05) is 11.6 Å². The first-order chi connectivity index (χ1) is 9.77. The number of rotatable bonds is 4. The van der Waals surface area contributed by atoms with Crippen LogP contribution in [0, 0.1) is 18.6 Å². The molecule has 0 amide bonds. The van der Waals surface area contributed by atoms with Crippen LogP contribution in [0.4, 0.5) is 14.5 Å². The van der Waals surface area contributed by atoms with Crippen molar-refractivity contribution in [3.8, 4) is 0 Å². The summed E-state index contributed by atoms with van der Waals surface area (Å²) in [7, 11) is -3.59. The van der Waals surface area contributed by atoms with E-state index in [2.05, 4.69) is 0 Å². The van der Waals surface area contributed by atoms with Gasteiger partial charge in [0.2, 0.25) is 10.0 Å². The van der Waals surface area contributed by atoms with E-state index in [4.69, 9.17) is 0 Å². The highest BCUT2D eigenvalue weighted by Crippen LogP contribution is 2.23. The Labute approximate surface area is 122 Å². The third-order valence-corrected chi connectivity index (χ3v) is 4.16.